The Morgan fingerprint density at radius 2 is 2.05 bits per heavy atom. The van der Waals surface area contributed by atoms with Crippen molar-refractivity contribution in [2.24, 2.45) is 11.8 Å². The number of piperazine rings is 1. The van der Waals surface area contributed by atoms with Crippen LogP contribution in [0.4, 0.5) is 0 Å². The molecule has 0 aromatic heterocycles. The van der Waals surface area contributed by atoms with E-state index in [-0.39, 0.29) is 0 Å². The summed E-state index contributed by atoms with van der Waals surface area (Å²) in [7, 11) is 0. The standard InChI is InChI=1S/C17H32N2O/c1-14(2)16-10-18-17(7-4-3-5-8-17)13-19(16)11-15-6-9-20-12-15/h14-16,18H,3-13H2,1-2H3. The highest BCUT2D eigenvalue weighted by atomic mass is 16.5. The lowest BCUT2D eigenvalue weighted by Gasteiger charge is -2.51. The molecule has 2 atom stereocenters. The second kappa shape index (κ2) is 6.33. The zero-order chi connectivity index (χ0) is 14.0. The van der Waals surface area contributed by atoms with Crippen molar-refractivity contribution in [1.29, 1.82) is 0 Å². The van der Waals surface area contributed by atoms with Gasteiger partial charge in [-0.2, -0.15) is 0 Å². The van der Waals surface area contributed by atoms with E-state index in [4.69, 9.17) is 4.74 Å². The third-order valence-electron chi connectivity index (χ3n) is 5.76. The molecule has 3 fully saturated rings. The van der Waals surface area contributed by atoms with Crippen molar-refractivity contribution in [1.82, 2.24) is 10.2 Å². The topological polar surface area (TPSA) is 24.5 Å². The molecule has 1 N–H and O–H groups in total. The molecule has 2 heterocycles. The molecule has 116 valence electrons. The predicted octanol–water partition coefficient (Wildman–Crippen LogP) is 2.66. The normalized spacial score (nSPS) is 35.0. The van der Waals surface area contributed by atoms with E-state index in [2.05, 4.69) is 24.1 Å². The summed E-state index contributed by atoms with van der Waals surface area (Å²) in [5.41, 5.74) is 0.434. The lowest BCUT2D eigenvalue weighted by Crippen LogP contribution is -2.66. The second-order valence-corrected chi connectivity index (χ2v) is 7.69. The molecule has 20 heavy (non-hydrogen) atoms. The third kappa shape index (κ3) is 3.20. The third-order valence-corrected chi connectivity index (χ3v) is 5.76. The lowest BCUT2D eigenvalue weighted by molar-refractivity contribution is 0.0245. The van der Waals surface area contributed by atoms with Crippen LogP contribution in [0.25, 0.3) is 0 Å². The van der Waals surface area contributed by atoms with Gasteiger partial charge in [0.1, 0.15) is 0 Å². The maximum Gasteiger partial charge on any atom is 0.0507 e. The van der Waals surface area contributed by atoms with Crippen LogP contribution in [-0.4, -0.2) is 49.3 Å². The number of ether oxygens (including phenoxy) is 1. The summed E-state index contributed by atoms with van der Waals surface area (Å²) in [5.74, 6) is 1.51. The van der Waals surface area contributed by atoms with Gasteiger partial charge in [-0.15, -0.1) is 0 Å². The van der Waals surface area contributed by atoms with Gasteiger partial charge in [-0.05, 0) is 31.1 Å². The van der Waals surface area contributed by atoms with E-state index >= 15 is 0 Å². The molecule has 1 aliphatic carbocycles. The van der Waals surface area contributed by atoms with Gasteiger partial charge < -0.3 is 10.1 Å². The van der Waals surface area contributed by atoms with Crippen molar-refractivity contribution in [2.45, 2.75) is 64.0 Å². The highest BCUT2D eigenvalue weighted by molar-refractivity contribution is 5.00. The molecule has 2 aliphatic heterocycles. The Balaban J connectivity index is 1.66. The lowest BCUT2D eigenvalue weighted by atomic mass is 9.78. The van der Waals surface area contributed by atoms with Crippen LogP contribution >= 0.6 is 0 Å². The first kappa shape index (κ1) is 14.8. The van der Waals surface area contributed by atoms with Crippen molar-refractivity contribution in [2.75, 3.05) is 32.8 Å². The first-order chi connectivity index (χ1) is 9.69. The quantitative estimate of drug-likeness (QED) is 0.860. The Morgan fingerprint density at radius 3 is 2.70 bits per heavy atom. The van der Waals surface area contributed by atoms with Gasteiger partial charge in [0.2, 0.25) is 0 Å². The van der Waals surface area contributed by atoms with Crippen LogP contribution in [0.5, 0.6) is 0 Å². The second-order valence-electron chi connectivity index (χ2n) is 7.69. The zero-order valence-electron chi connectivity index (χ0n) is 13.4. The van der Waals surface area contributed by atoms with Gasteiger partial charge in [0.05, 0.1) is 6.61 Å². The predicted molar refractivity (Wildman–Crippen MR) is 82.9 cm³/mol. The minimum Gasteiger partial charge on any atom is -0.381 e. The molecule has 0 aromatic rings. The molecular formula is C17H32N2O. The molecule has 0 radical (unpaired) electrons. The molecule has 0 bridgehead atoms. The maximum absolute atomic E-state index is 5.59. The summed E-state index contributed by atoms with van der Waals surface area (Å²) in [6.45, 7) is 10.4. The Labute approximate surface area is 124 Å². The molecule has 0 aromatic carbocycles. The molecule has 2 saturated heterocycles. The number of nitrogens with zero attached hydrogens (tertiary/aromatic N) is 1. The van der Waals surface area contributed by atoms with E-state index in [0.29, 0.717) is 11.6 Å². The Kier molecular flexibility index (Phi) is 4.68. The fraction of sp³-hybridized carbons (Fsp3) is 1.00. The average Bonchev–Trinajstić information content (AvgIpc) is 2.92. The molecule has 0 amide bonds. The average molecular weight is 280 g/mol. The smallest absolute Gasteiger partial charge is 0.0507 e. The van der Waals surface area contributed by atoms with Crippen molar-refractivity contribution < 1.29 is 4.74 Å². The molecule has 3 nitrogen and oxygen atoms in total. The first-order valence-electron chi connectivity index (χ1n) is 8.75. The SMILES string of the molecule is CC(C)C1CNC2(CCCCC2)CN1CC1CCOC1. The fourth-order valence-electron chi connectivity index (χ4n) is 4.49. The van der Waals surface area contributed by atoms with Gasteiger partial charge in [-0.1, -0.05) is 33.1 Å². The summed E-state index contributed by atoms with van der Waals surface area (Å²) in [4.78, 5) is 2.81. The minimum atomic E-state index is 0.434. The van der Waals surface area contributed by atoms with Crippen LogP contribution in [0.1, 0.15) is 52.4 Å². The van der Waals surface area contributed by atoms with Crippen molar-refractivity contribution in [3.05, 3.63) is 0 Å². The molecule has 1 spiro atoms. The minimum absolute atomic E-state index is 0.434. The summed E-state index contributed by atoms with van der Waals surface area (Å²) >= 11 is 0. The van der Waals surface area contributed by atoms with Crippen molar-refractivity contribution in [3.8, 4) is 0 Å². The Bertz CT molecular complexity index is 306. The van der Waals surface area contributed by atoms with Crippen LogP contribution < -0.4 is 5.32 Å². The largest absolute Gasteiger partial charge is 0.381 e. The molecular weight excluding hydrogens is 248 g/mol. The van der Waals surface area contributed by atoms with Crippen LogP contribution in [0.2, 0.25) is 0 Å². The van der Waals surface area contributed by atoms with E-state index in [1.54, 1.807) is 0 Å². The van der Waals surface area contributed by atoms with E-state index < -0.39 is 0 Å². The van der Waals surface area contributed by atoms with Gasteiger partial charge in [0.15, 0.2) is 0 Å². The van der Waals surface area contributed by atoms with E-state index in [9.17, 15) is 0 Å². The summed E-state index contributed by atoms with van der Waals surface area (Å²) < 4.78 is 5.59. The van der Waals surface area contributed by atoms with E-state index in [1.807, 2.05) is 0 Å². The summed E-state index contributed by atoms with van der Waals surface area (Å²) in [6.07, 6.45) is 8.31. The number of nitrogens with one attached hydrogen (secondary N) is 1. The molecule has 1 saturated carbocycles. The van der Waals surface area contributed by atoms with Gasteiger partial charge >= 0.3 is 0 Å². The molecule has 3 heteroatoms. The van der Waals surface area contributed by atoms with Gasteiger partial charge in [0, 0.05) is 37.8 Å². The van der Waals surface area contributed by atoms with E-state index in [1.165, 1.54) is 58.2 Å². The van der Waals surface area contributed by atoms with Gasteiger partial charge in [0.25, 0.3) is 0 Å². The van der Waals surface area contributed by atoms with Crippen LogP contribution in [0, 0.1) is 11.8 Å². The molecule has 3 rings (SSSR count). The van der Waals surface area contributed by atoms with Crippen molar-refractivity contribution in [3.63, 3.8) is 0 Å². The Hall–Kier alpha value is -0.120. The maximum atomic E-state index is 5.59. The van der Waals surface area contributed by atoms with Gasteiger partial charge in [-0.25, -0.2) is 0 Å². The number of hydrogen-bond acceptors (Lipinski definition) is 3. The zero-order valence-corrected chi connectivity index (χ0v) is 13.4. The van der Waals surface area contributed by atoms with Crippen LogP contribution in [-0.2, 0) is 4.74 Å². The summed E-state index contributed by atoms with van der Waals surface area (Å²) in [6, 6.07) is 0.711. The highest BCUT2D eigenvalue weighted by Gasteiger charge is 2.41. The molecule has 2 unspecified atom stereocenters. The number of rotatable bonds is 3. The van der Waals surface area contributed by atoms with Crippen LogP contribution in [0.3, 0.4) is 0 Å². The van der Waals surface area contributed by atoms with E-state index in [0.717, 1.165) is 25.0 Å². The summed E-state index contributed by atoms with van der Waals surface area (Å²) in [5, 5.41) is 3.95. The Morgan fingerprint density at radius 1 is 1.25 bits per heavy atom. The van der Waals surface area contributed by atoms with Crippen LogP contribution in [0.15, 0.2) is 0 Å². The highest BCUT2D eigenvalue weighted by Crippen LogP contribution is 2.33. The first-order valence-corrected chi connectivity index (χ1v) is 8.75. The van der Waals surface area contributed by atoms with Crippen molar-refractivity contribution >= 4 is 0 Å². The molecule has 3 aliphatic rings. The fourth-order valence-corrected chi connectivity index (χ4v) is 4.49. The van der Waals surface area contributed by atoms with Gasteiger partial charge in [-0.3, -0.25) is 4.90 Å². The monoisotopic (exact) mass is 280 g/mol. The number of hydrogen-bond donors (Lipinski definition) is 1.